The number of nitrogens with zero attached hydrogens (tertiary/aromatic N) is 2. The summed E-state index contributed by atoms with van der Waals surface area (Å²) in [7, 11) is 0. The molecule has 1 aliphatic rings. The third-order valence-corrected chi connectivity index (χ3v) is 5.00. The van der Waals surface area contributed by atoms with Crippen LogP contribution in [-0.2, 0) is 9.59 Å². The van der Waals surface area contributed by atoms with E-state index in [9.17, 15) is 28.5 Å². The first kappa shape index (κ1) is 19.7. The van der Waals surface area contributed by atoms with Crippen molar-refractivity contribution >= 4 is 40.5 Å². The Labute approximate surface area is 163 Å². The van der Waals surface area contributed by atoms with Gasteiger partial charge in [0.15, 0.2) is 0 Å². The van der Waals surface area contributed by atoms with Crippen LogP contribution in [0.1, 0.15) is 19.4 Å². The fourth-order valence-electron chi connectivity index (χ4n) is 2.74. The molecule has 1 heterocycles. The summed E-state index contributed by atoms with van der Waals surface area (Å²) in [6.07, 6.45) is 0. The van der Waals surface area contributed by atoms with Gasteiger partial charge in [-0.2, -0.15) is 0 Å². The van der Waals surface area contributed by atoms with Gasteiger partial charge in [-0.15, -0.1) is 11.8 Å². The zero-order valence-corrected chi connectivity index (χ0v) is 15.6. The summed E-state index contributed by atoms with van der Waals surface area (Å²) in [5.74, 6) is -3.28. The molecular weight excluding hydrogens is 390 g/mol. The molecule has 0 radical (unpaired) electrons. The normalized spacial score (nSPS) is 14.4. The zero-order chi connectivity index (χ0) is 20.6. The molecule has 0 saturated heterocycles. The van der Waals surface area contributed by atoms with Gasteiger partial charge in [-0.1, -0.05) is 13.8 Å². The van der Waals surface area contributed by atoms with E-state index < -0.39 is 34.1 Å². The number of thioether (sulfide) groups is 1. The number of benzene rings is 2. The molecular formula is C19H14F2N2O4S. The molecule has 2 aromatic rings. The van der Waals surface area contributed by atoms with Crippen LogP contribution in [0.5, 0.6) is 0 Å². The van der Waals surface area contributed by atoms with Crippen molar-refractivity contribution < 1.29 is 23.3 Å². The van der Waals surface area contributed by atoms with E-state index in [0.717, 1.165) is 30.0 Å². The molecule has 1 aliphatic heterocycles. The summed E-state index contributed by atoms with van der Waals surface area (Å²) in [5.41, 5.74) is -0.366. The Morgan fingerprint density at radius 3 is 2.25 bits per heavy atom. The van der Waals surface area contributed by atoms with E-state index >= 15 is 0 Å². The number of hydrogen-bond donors (Lipinski definition) is 0. The van der Waals surface area contributed by atoms with Crippen molar-refractivity contribution in [2.24, 2.45) is 0 Å². The highest BCUT2D eigenvalue weighted by molar-refractivity contribution is 8.04. The van der Waals surface area contributed by atoms with Crippen molar-refractivity contribution in [2.75, 3.05) is 4.90 Å². The summed E-state index contributed by atoms with van der Waals surface area (Å²) in [5, 5.41) is 10.8. The summed E-state index contributed by atoms with van der Waals surface area (Å²) >= 11 is 1.11. The molecule has 3 rings (SSSR count). The largest absolute Gasteiger partial charge is 0.272 e. The highest BCUT2D eigenvalue weighted by Crippen LogP contribution is 2.40. The lowest BCUT2D eigenvalue weighted by Gasteiger charge is -2.16. The predicted octanol–water partition coefficient (Wildman–Crippen LogP) is 4.30. The maximum Gasteiger partial charge on any atom is 0.272 e. The Balaban J connectivity index is 2.12. The van der Waals surface area contributed by atoms with E-state index in [1.807, 2.05) is 13.8 Å². The Bertz CT molecular complexity index is 1020. The smallest absolute Gasteiger partial charge is 0.268 e. The average molecular weight is 404 g/mol. The number of imide groups is 1. The molecule has 0 unspecified atom stereocenters. The van der Waals surface area contributed by atoms with E-state index in [2.05, 4.69) is 0 Å². The van der Waals surface area contributed by atoms with Crippen LogP contribution in [0.4, 0.5) is 20.2 Å². The van der Waals surface area contributed by atoms with Gasteiger partial charge in [-0.05, 0) is 29.8 Å². The SMILES string of the molecule is CC(C)SC1=C(c2ccc([N+](=O)[O-])cc2)C(=O)N(c2cc(F)ccc2F)C1=O. The van der Waals surface area contributed by atoms with Crippen LogP contribution in [0.3, 0.4) is 0 Å². The number of non-ortho nitro benzene ring substituents is 1. The number of rotatable bonds is 5. The number of carbonyl (C=O) groups excluding carboxylic acids is 2. The first-order chi connectivity index (χ1) is 13.2. The van der Waals surface area contributed by atoms with E-state index in [0.29, 0.717) is 4.90 Å². The second-order valence-corrected chi connectivity index (χ2v) is 7.80. The molecule has 0 spiro atoms. The van der Waals surface area contributed by atoms with Gasteiger partial charge in [-0.25, -0.2) is 13.7 Å². The number of hydrogen-bond acceptors (Lipinski definition) is 5. The van der Waals surface area contributed by atoms with E-state index in [1.54, 1.807) is 0 Å². The Morgan fingerprint density at radius 1 is 1.04 bits per heavy atom. The predicted molar refractivity (Wildman–Crippen MR) is 102 cm³/mol. The number of carbonyl (C=O) groups is 2. The minimum Gasteiger partial charge on any atom is -0.268 e. The molecule has 0 N–H and O–H groups in total. The third-order valence-electron chi connectivity index (χ3n) is 3.91. The monoisotopic (exact) mass is 404 g/mol. The van der Waals surface area contributed by atoms with Crippen LogP contribution in [0.25, 0.3) is 5.57 Å². The maximum absolute atomic E-state index is 14.2. The molecule has 9 heteroatoms. The number of nitro benzene ring substituents is 1. The molecule has 0 saturated carbocycles. The fourth-order valence-corrected chi connectivity index (χ4v) is 3.72. The number of anilines is 1. The second kappa shape index (κ2) is 7.51. The molecule has 0 atom stereocenters. The van der Waals surface area contributed by atoms with Crippen LogP contribution in [0.15, 0.2) is 47.4 Å². The highest BCUT2D eigenvalue weighted by atomic mass is 32.2. The van der Waals surface area contributed by atoms with Crippen LogP contribution in [-0.4, -0.2) is 22.0 Å². The number of amides is 2. The van der Waals surface area contributed by atoms with Crippen molar-refractivity contribution in [3.8, 4) is 0 Å². The standard InChI is InChI=1S/C19H14F2N2O4S/c1-10(2)28-17-16(11-3-6-13(7-4-11)23(26)27)18(24)22(19(17)25)15-9-12(20)5-8-14(15)21/h3-10H,1-2H3. The van der Waals surface area contributed by atoms with Gasteiger partial charge in [0.25, 0.3) is 17.5 Å². The molecule has 2 aromatic carbocycles. The Hall–Kier alpha value is -3.07. The molecule has 0 fully saturated rings. The molecule has 6 nitrogen and oxygen atoms in total. The van der Waals surface area contributed by atoms with Crippen molar-refractivity contribution in [3.05, 3.63) is 74.7 Å². The lowest BCUT2D eigenvalue weighted by Crippen LogP contribution is -2.32. The summed E-state index contributed by atoms with van der Waals surface area (Å²) < 4.78 is 27.8. The summed E-state index contributed by atoms with van der Waals surface area (Å²) in [4.78, 5) is 36.8. The van der Waals surface area contributed by atoms with Crippen LogP contribution >= 0.6 is 11.8 Å². The quantitative estimate of drug-likeness (QED) is 0.422. The van der Waals surface area contributed by atoms with Gasteiger partial charge in [0, 0.05) is 23.4 Å². The van der Waals surface area contributed by atoms with Crippen LogP contribution < -0.4 is 4.90 Å². The molecule has 2 amide bonds. The van der Waals surface area contributed by atoms with Gasteiger partial charge in [0.2, 0.25) is 0 Å². The van der Waals surface area contributed by atoms with E-state index in [-0.39, 0.29) is 27.0 Å². The van der Waals surface area contributed by atoms with Gasteiger partial charge >= 0.3 is 0 Å². The fraction of sp³-hybridized carbons (Fsp3) is 0.158. The minimum absolute atomic E-state index is 0.00209. The topological polar surface area (TPSA) is 80.5 Å². The Kier molecular flexibility index (Phi) is 5.28. The highest BCUT2D eigenvalue weighted by Gasteiger charge is 2.41. The van der Waals surface area contributed by atoms with Gasteiger partial charge in [0.05, 0.1) is 21.1 Å². The maximum atomic E-state index is 14.2. The van der Waals surface area contributed by atoms with Crippen molar-refractivity contribution in [2.45, 2.75) is 19.1 Å². The molecule has 0 bridgehead atoms. The van der Waals surface area contributed by atoms with E-state index in [1.165, 1.54) is 24.3 Å². The lowest BCUT2D eigenvalue weighted by molar-refractivity contribution is -0.384. The van der Waals surface area contributed by atoms with Gasteiger partial charge in [-0.3, -0.25) is 19.7 Å². The lowest BCUT2D eigenvalue weighted by atomic mass is 10.1. The number of halogens is 2. The number of nitro groups is 1. The summed E-state index contributed by atoms with van der Waals surface area (Å²) in [6, 6.07) is 7.63. The van der Waals surface area contributed by atoms with Crippen molar-refractivity contribution in [1.82, 2.24) is 0 Å². The summed E-state index contributed by atoms with van der Waals surface area (Å²) in [6.45, 7) is 3.63. The van der Waals surface area contributed by atoms with Crippen LogP contribution in [0, 0.1) is 21.7 Å². The van der Waals surface area contributed by atoms with E-state index in [4.69, 9.17) is 0 Å². The minimum atomic E-state index is -0.915. The van der Waals surface area contributed by atoms with Crippen LogP contribution in [0.2, 0.25) is 0 Å². The van der Waals surface area contributed by atoms with Crippen molar-refractivity contribution in [3.63, 3.8) is 0 Å². The molecule has 144 valence electrons. The molecule has 0 aromatic heterocycles. The third kappa shape index (κ3) is 3.53. The Morgan fingerprint density at radius 2 is 1.68 bits per heavy atom. The molecule has 28 heavy (non-hydrogen) atoms. The first-order valence-electron chi connectivity index (χ1n) is 8.20. The van der Waals surface area contributed by atoms with Crippen molar-refractivity contribution in [1.29, 1.82) is 0 Å². The second-order valence-electron chi connectivity index (χ2n) is 6.22. The first-order valence-corrected chi connectivity index (χ1v) is 9.08. The average Bonchev–Trinajstić information content (AvgIpc) is 2.87. The zero-order valence-electron chi connectivity index (χ0n) is 14.8. The van der Waals surface area contributed by atoms with Gasteiger partial charge in [0.1, 0.15) is 11.6 Å². The molecule has 0 aliphatic carbocycles. The van der Waals surface area contributed by atoms with Gasteiger partial charge < -0.3 is 0 Å².